The summed E-state index contributed by atoms with van der Waals surface area (Å²) in [5.41, 5.74) is 1.99. The number of thioether (sulfide) groups is 2. The van der Waals surface area contributed by atoms with Crippen LogP contribution in [0.1, 0.15) is 21.7 Å². The van der Waals surface area contributed by atoms with Gasteiger partial charge in [0.1, 0.15) is 11.9 Å². The van der Waals surface area contributed by atoms with E-state index in [4.69, 9.17) is 13.9 Å². The fourth-order valence-electron chi connectivity index (χ4n) is 3.98. The average Bonchev–Trinajstić information content (AvgIpc) is 3.66. The van der Waals surface area contributed by atoms with Crippen molar-refractivity contribution in [2.45, 2.75) is 10.9 Å². The molecule has 2 aromatic carbocycles. The van der Waals surface area contributed by atoms with Crippen molar-refractivity contribution in [2.75, 3.05) is 27.3 Å². The summed E-state index contributed by atoms with van der Waals surface area (Å²) >= 11 is 2.24. The summed E-state index contributed by atoms with van der Waals surface area (Å²) < 4.78 is 16.4. The van der Waals surface area contributed by atoms with E-state index in [1.165, 1.54) is 32.3 Å². The highest BCUT2D eigenvalue weighted by Gasteiger charge is 2.35. The fourth-order valence-corrected chi connectivity index (χ4v) is 5.65. The van der Waals surface area contributed by atoms with Crippen LogP contribution in [0.25, 0.3) is 17.0 Å². The van der Waals surface area contributed by atoms with Crippen LogP contribution in [-0.4, -0.2) is 64.4 Å². The number of benzene rings is 2. The molecule has 1 aliphatic rings. The number of nitrogens with zero attached hydrogens (tertiary/aromatic N) is 3. The lowest BCUT2D eigenvalue weighted by atomic mass is 10.1. The van der Waals surface area contributed by atoms with Gasteiger partial charge >= 0.3 is 0 Å². The maximum Gasteiger partial charge on any atom is 0.293 e. The number of imide groups is 1. The number of furan rings is 1. The summed E-state index contributed by atoms with van der Waals surface area (Å²) in [6.45, 7) is 0.0777. The number of ether oxygens (including phenoxy) is 2. The number of aromatic nitrogens is 3. The number of amides is 3. The number of aromatic amines is 1. The molecule has 1 aliphatic heterocycles. The first-order valence-electron chi connectivity index (χ1n) is 11.7. The summed E-state index contributed by atoms with van der Waals surface area (Å²) in [4.78, 5) is 44.1. The Labute approximate surface area is 231 Å². The summed E-state index contributed by atoms with van der Waals surface area (Å²) in [6.07, 6.45) is 3.04. The number of fused-ring (bicyclic) bond motifs is 1. The summed E-state index contributed by atoms with van der Waals surface area (Å²) in [6, 6.07) is 12.6. The van der Waals surface area contributed by atoms with Gasteiger partial charge in [0.05, 0.1) is 19.1 Å². The molecule has 0 bridgehead atoms. The minimum Gasteiger partial charge on any atom is -0.493 e. The van der Waals surface area contributed by atoms with Gasteiger partial charge in [0.15, 0.2) is 22.4 Å². The summed E-state index contributed by atoms with van der Waals surface area (Å²) in [7, 11) is 3.06. The number of H-pyrrole nitrogens is 1. The van der Waals surface area contributed by atoms with Crippen molar-refractivity contribution in [1.82, 2.24) is 25.4 Å². The molecule has 0 unspecified atom stereocenters. The Morgan fingerprint density at radius 2 is 2.00 bits per heavy atom. The third-order valence-corrected chi connectivity index (χ3v) is 7.66. The van der Waals surface area contributed by atoms with Gasteiger partial charge < -0.3 is 19.2 Å². The highest BCUT2D eigenvalue weighted by molar-refractivity contribution is 8.18. The summed E-state index contributed by atoms with van der Waals surface area (Å²) in [5.74, 6) is 0.804. The van der Waals surface area contributed by atoms with Crippen LogP contribution in [0.3, 0.4) is 0 Å². The lowest BCUT2D eigenvalue weighted by Crippen LogP contribution is -2.37. The Morgan fingerprint density at radius 1 is 1.18 bits per heavy atom. The number of nitrogens with one attached hydrogen (secondary N) is 2. The minimum atomic E-state index is -0.438. The van der Waals surface area contributed by atoms with Crippen LogP contribution in [-0.2, 0) is 10.5 Å². The molecule has 0 saturated carbocycles. The zero-order chi connectivity index (χ0) is 27.4. The molecule has 1 saturated heterocycles. The van der Waals surface area contributed by atoms with Gasteiger partial charge in [-0.25, -0.2) is 4.98 Å². The molecule has 5 rings (SSSR count). The quantitative estimate of drug-likeness (QED) is 0.211. The molecule has 3 amide bonds. The molecule has 0 aliphatic carbocycles. The number of carbonyl (C=O) groups excluding carboxylic acids is 3. The van der Waals surface area contributed by atoms with Crippen LogP contribution in [0.2, 0.25) is 0 Å². The van der Waals surface area contributed by atoms with Gasteiger partial charge in [-0.1, -0.05) is 36.0 Å². The number of para-hydroxylation sites is 1. The SMILES string of the molecule is COc1ccc(C=C2SC(=O)N(CCNC(=O)c3oc4ccccc4c3CSc3ncn[nH]3)C2=O)cc1OC. The van der Waals surface area contributed by atoms with Crippen molar-refractivity contribution in [2.24, 2.45) is 0 Å². The highest BCUT2D eigenvalue weighted by Crippen LogP contribution is 2.34. The van der Waals surface area contributed by atoms with E-state index in [-0.39, 0.29) is 23.8 Å². The molecule has 39 heavy (non-hydrogen) atoms. The van der Waals surface area contributed by atoms with E-state index in [9.17, 15) is 14.4 Å². The van der Waals surface area contributed by atoms with E-state index in [2.05, 4.69) is 20.5 Å². The predicted molar refractivity (Wildman–Crippen MR) is 147 cm³/mol. The van der Waals surface area contributed by atoms with Crippen molar-refractivity contribution in [1.29, 1.82) is 0 Å². The van der Waals surface area contributed by atoms with Crippen LogP contribution >= 0.6 is 23.5 Å². The molecule has 2 aromatic heterocycles. The third-order valence-electron chi connectivity index (χ3n) is 5.85. The molecule has 3 heterocycles. The Morgan fingerprint density at radius 3 is 2.77 bits per heavy atom. The van der Waals surface area contributed by atoms with E-state index in [0.717, 1.165) is 22.0 Å². The predicted octanol–water partition coefficient (Wildman–Crippen LogP) is 4.33. The highest BCUT2D eigenvalue weighted by atomic mass is 32.2. The largest absolute Gasteiger partial charge is 0.493 e. The van der Waals surface area contributed by atoms with E-state index in [0.29, 0.717) is 39.1 Å². The Bertz CT molecular complexity index is 1570. The van der Waals surface area contributed by atoms with Gasteiger partial charge in [-0.05, 0) is 41.6 Å². The van der Waals surface area contributed by atoms with Crippen LogP contribution in [0.15, 0.2) is 63.3 Å². The topological polar surface area (TPSA) is 140 Å². The first-order valence-corrected chi connectivity index (χ1v) is 13.5. The molecule has 0 spiro atoms. The second kappa shape index (κ2) is 11.7. The lowest BCUT2D eigenvalue weighted by molar-refractivity contribution is -0.122. The second-order valence-electron chi connectivity index (χ2n) is 8.19. The van der Waals surface area contributed by atoms with Crippen molar-refractivity contribution >= 4 is 57.6 Å². The molecule has 4 aromatic rings. The van der Waals surface area contributed by atoms with Gasteiger partial charge in [-0.2, -0.15) is 5.10 Å². The smallest absolute Gasteiger partial charge is 0.293 e. The molecule has 0 atom stereocenters. The van der Waals surface area contributed by atoms with Crippen LogP contribution in [0.4, 0.5) is 4.79 Å². The molecule has 13 heteroatoms. The lowest BCUT2D eigenvalue weighted by Gasteiger charge is -2.13. The van der Waals surface area contributed by atoms with Crippen LogP contribution < -0.4 is 14.8 Å². The molecule has 200 valence electrons. The van der Waals surface area contributed by atoms with Crippen molar-refractivity contribution in [3.63, 3.8) is 0 Å². The van der Waals surface area contributed by atoms with Gasteiger partial charge in [0, 0.05) is 29.8 Å². The van der Waals surface area contributed by atoms with E-state index in [1.807, 2.05) is 18.2 Å². The molecule has 11 nitrogen and oxygen atoms in total. The normalized spacial score (nSPS) is 14.4. The Balaban J connectivity index is 1.25. The van der Waals surface area contributed by atoms with Gasteiger partial charge in [-0.15, -0.1) is 0 Å². The minimum absolute atomic E-state index is 0.0159. The summed E-state index contributed by atoms with van der Waals surface area (Å²) in [5, 5.41) is 10.4. The number of hydrogen-bond acceptors (Lipinski definition) is 10. The zero-order valence-electron chi connectivity index (χ0n) is 20.9. The molecule has 1 fully saturated rings. The monoisotopic (exact) mass is 565 g/mol. The van der Waals surface area contributed by atoms with Crippen molar-refractivity contribution < 1.29 is 28.3 Å². The number of hydrogen-bond donors (Lipinski definition) is 2. The van der Waals surface area contributed by atoms with Crippen molar-refractivity contribution in [3.8, 4) is 11.5 Å². The van der Waals surface area contributed by atoms with E-state index < -0.39 is 17.1 Å². The Kier molecular flexibility index (Phi) is 7.89. The first-order chi connectivity index (χ1) is 19.0. The number of rotatable bonds is 10. The molecular weight excluding hydrogens is 542 g/mol. The molecular formula is C26H23N5O6S2. The molecule has 2 N–H and O–H groups in total. The van der Waals surface area contributed by atoms with Crippen LogP contribution in [0, 0.1) is 0 Å². The van der Waals surface area contributed by atoms with Gasteiger partial charge in [-0.3, -0.25) is 24.4 Å². The second-order valence-corrected chi connectivity index (χ2v) is 10.1. The fraction of sp³-hybridized carbons (Fsp3) is 0.192. The Hall–Kier alpha value is -4.23. The number of methoxy groups -OCH3 is 2. The standard InChI is InChI=1S/C26H23N5O6S2/c1-35-19-8-7-15(11-20(19)36-2)12-21-24(33)31(26(34)39-21)10-9-27-23(32)22-17(13-38-25-28-14-29-30-25)16-5-3-4-6-18(16)37-22/h3-8,11-12,14H,9-10,13H2,1-2H3,(H,27,32)(H,28,29,30). The first kappa shape index (κ1) is 26.4. The zero-order valence-corrected chi connectivity index (χ0v) is 22.6. The third kappa shape index (κ3) is 5.64. The van der Waals surface area contributed by atoms with Crippen LogP contribution in [0.5, 0.6) is 11.5 Å². The van der Waals surface area contributed by atoms with Crippen molar-refractivity contribution in [3.05, 3.63) is 70.6 Å². The van der Waals surface area contributed by atoms with E-state index >= 15 is 0 Å². The molecule has 0 radical (unpaired) electrons. The van der Waals surface area contributed by atoms with Gasteiger partial charge in [0.2, 0.25) is 0 Å². The maximum absolute atomic E-state index is 13.1. The maximum atomic E-state index is 13.1. The van der Waals surface area contributed by atoms with E-state index in [1.54, 1.807) is 30.3 Å². The van der Waals surface area contributed by atoms with Gasteiger partial charge in [0.25, 0.3) is 17.1 Å². The average molecular weight is 566 g/mol. The number of carbonyl (C=O) groups is 3.